The van der Waals surface area contributed by atoms with E-state index < -0.39 is 0 Å². The smallest absolute Gasteiger partial charge is 0.0462 e. The van der Waals surface area contributed by atoms with Crippen molar-refractivity contribution < 1.29 is 0 Å². The Labute approximate surface area is 496 Å². The fourth-order valence-electron chi connectivity index (χ4n) is 13.2. The van der Waals surface area contributed by atoms with Gasteiger partial charge < -0.3 is 9.80 Å². The zero-order valence-corrected chi connectivity index (χ0v) is 49.3. The van der Waals surface area contributed by atoms with Gasteiger partial charge in [0.1, 0.15) is 0 Å². The van der Waals surface area contributed by atoms with Crippen molar-refractivity contribution in [1.29, 1.82) is 0 Å². The normalized spacial score (nSPS) is 13.2. The van der Waals surface area contributed by atoms with Crippen LogP contribution in [0.4, 0.5) is 34.1 Å². The van der Waals surface area contributed by atoms with E-state index in [0.29, 0.717) is 0 Å². The third-order valence-corrected chi connectivity index (χ3v) is 18.2. The number of anilines is 6. The number of nitrogens with zero attached hydrogens (tertiary/aromatic N) is 2. The van der Waals surface area contributed by atoms with E-state index in [0.717, 1.165) is 34.1 Å². The SMILES string of the molecule is Cc1ccc(N(c2ccc(C)cc2)c2ccc(-c3ccc4c(c3)C(C)(C)c3cc(-c5ccc(-c6ccc(-c7ccc8c(c7)C(C)(C)c7cc(-c9ccc(N(c%10ccc(C)cc%10)c%10ccc(C)cc%10)cc9)ccc7-8)cc6)cc5)ccc3-4)cc2)cc1. The number of benzene rings is 12. The third-order valence-electron chi connectivity index (χ3n) is 18.2. The van der Waals surface area contributed by atoms with Crippen molar-refractivity contribution in [2.45, 2.75) is 66.2 Å². The number of hydrogen-bond donors (Lipinski definition) is 0. The topological polar surface area (TPSA) is 6.48 Å². The van der Waals surface area contributed by atoms with Gasteiger partial charge in [0, 0.05) is 45.0 Å². The van der Waals surface area contributed by atoms with Gasteiger partial charge in [-0.05, 0) is 225 Å². The van der Waals surface area contributed by atoms with E-state index in [1.165, 1.54) is 122 Å². The fourth-order valence-corrected chi connectivity index (χ4v) is 13.2. The van der Waals surface area contributed by atoms with Gasteiger partial charge >= 0.3 is 0 Å². The molecule has 0 radical (unpaired) electrons. The minimum atomic E-state index is -0.156. The number of aryl methyl sites for hydroxylation is 4. The van der Waals surface area contributed by atoms with Gasteiger partial charge in [-0.3, -0.25) is 0 Å². The van der Waals surface area contributed by atoms with E-state index in [-0.39, 0.29) is 10.8 Å². The largest absolute Gasteiger partial charge is 0.311 e. The maximum absolute atomic E-state index is 2.43. The molecular weight excluding hydrogens is 1010 g/mol. The maximum Gasteiger partial charge on any atom is 0.0462 e. The Morgan fingerprint density at radius 1 is 0.190 bits per heavy atom. The molecule has 0 N–H and O–H groups in total. The van der Waals surface area contributed by atoms with Crippen LogP contribution in [0.15, 0.2) is 267 Å². The molecule has 0 unspecified atom stereocenters. The van der Waals surface area contributed by atoms with Gasteiger partial charge in [-0.15, -0.1) is 0 Å². The lowest BCUT2D eigenvalue weighted by atomic mass is 9.80. The predicted octanol–water partition coefficient (Wildman–Crippen LogP) is 22.8. The predicted molar refractivity (Wildman–Crippen MR) is 357 cm³/mol. The highest BCUT2D eigenvalue weighted by atomic mass is 15.1. The van der Waals surface area contributed by atoms with Crippen LogP contribution >= 0.6 is 0 Å². The first-order valence-electron chi connectivity index (χ1n) is 29.6. The lowest BCUT2D eigenvalue weighted by molar-refractivity contribution is 0.660. The molecule has 2 aliphatic carbocycles. The molecule has 0 fully saturated rings. The van der Waals surface area contributed by atoms with Crippen molar-refractivity contribution in [2.75, 3.05) is 9.80 Å². The van der Waals surface area contributed by atoms with E-state index in [4.69, 9.17) is 0 Å². The zero-order valence-electron chi connectivity index (χ0n) is 49.3. The average molecular weight is 1080 g/mol. The first kappa shape index (κ1) is 52.3. The van der Waals surface area contributed by atoms with E-state index in [9.17, 15) is 0 Å². The van der Waals surface area contributed by atoms with Gasteiger partial charge in [0.2, 0.25) is 0 Å². The Balaban J connectivity index is 0.663. The first-order valence-corrected chi connectivity index (χ1v) is 29.6. The molecule has 2 nitrogen and oxygen atoms in total. The average Bonchev–Trinajstić information content (AvgIpc) is 2.35. The Morgan fingerprint density at radius 2 is 0.345 bits per heavy atom. The molecule has 0 amide bonds. The molecule has 0 aliphatic heterocycles. The quantitative estimate of drug-likeness (QED) is 0.127. The van der Waals surface area contributed by atoms with E-state index >= 15 is 0 Å². The molecule has 0 aromatic heterocycles. The Bertz CT molecular complexity index is 4050. The Kier molecular flexibility index (Phi) is 12.8. The lowest BCUT2D eigenvalue weighted by Crippen LogP contribution is -2.15. The molecule has 0 spiro atoms. The third kappa shape index (κ3) is 9.33. The second kappa shape index (κ2) is 20.6. The standard InChI is InChI=1S/C82H68N2/c1-53-9-33-67(34-10-53)83(68-35-11-54(2)12-36-68)71-41-25-61(26-42-71)65-31-47-75-73-45-29-63(49-77(73)81(5,6)79(75)51-65)59-21-17-57(18-22-59)58-19-23-60(24-20-58)64-30-46-74-76-48-32-66(52-80(76)82(7,8)78(74)50-64)62-27-43-72(44-28-62)84(69-37-13-55(3)14-38-69)70-39-15-56(4)16-40-70/h9-52H,1-8H3. The van der Waals surface area contributed by atoms with Gasteiger partial charge in [-0.1, -0.05) is 220 Å². The van der Waals surface area contributed by atoms with Crippen molar-refractivity contribution in [3.05, 3.63) is 311 Å². The summed E-state index contributed by atoms with van der Waals surface area (Å²) >= 11 is 0. The molecule has 0 bridgehead atoms. The number of fused-ring (bicyclic) bond motifs is 6. The van der Waals surface area contributed by atoms with Crippen LogP contribution in [0.2, 0.25) is 0 Å². The summed E-state index contributed by atoms with van der Waals surface area (Å²) < 4.78 is 0. The van der Waals surface area contributed by atoms with Crippen LogP contribution < -0.4 is 9.80 Å². The molecule has 2 heteroatoms. The summed E-state index contributed by atoms with van der Waals surface area (Å²) in [5.41, 5.74) is 34.6. The summed E-state index contributed by atoms with van der Waals surface area (Å²) in [4.78, 5) is 4.68. The molecule has 84 heavy (non-hydrogen) atoms. The molecular formula is C82H68N2. The maximum atomic E-state index is 2.43. The van der Waals surface area contributed by atoms with Crippen LogP contribution in [-0.4, -0.2) is 0 Å². The minimum Gasteiger partial charge on any atom is -0.311 e. The highest BCUT2D eigenvalue weighted by Gasteiger charge is 2.37. The van der Waals surface area contributed by atoms with E-state index in [2.05, 4.69) is 332 Å². The molecule has 0 atom stereocenters. The van der Waals surface area contributed by atoms with Crippen LogP contribution in [0.25, 0.3) is 77.9 Å². The van der Waals surface area contributed by atoms with Gasteiger partial charge in [-0.25, -0.2) is 0 Å². The fraction of sp³-hybridized carbons (Fsp3) is 0.122. The zero-order chi connectivity index (χ0) is 57.4. The van der Waals surface area contributed by atoms with Crippen molar-refractivity contribution >= 4 is 34.1 Å². The van der Waals surface area contributed by atoms with Crippen LogP contribution in [0, 0.1) is 27.7 Å². The van der Waals surface area contributed by atoms with Crippen LogP contribution in [0.3, 0.4) is 0 Å². The molecule has 12 aromatic rings. The van der Waals surface area contributed by atoms with E-state index in [1.807, 2.05) is 0 Å². The van der Waals surface area contributed by atoms with Gasteiger partial charge in [0.25, 0.3) is 0 Å². The highest BCUT2D eigenvalue weighted by molar-refractivity contribution is 5.89. The minimum absolute atomic E-state index is 0.156. The molecule has 0 heterocycles. The lowest BCUT2D eigenvalue weighted by Gasteiger charge is -2.26. The van der Waals surface area contributed by atoms with Crippen molar-refractivity contribution in [1.82, 2.24) is 0 Å². The second-order valence-corrected chi connectivity index (χ2v) is 24.6. The van der Waals surface area contributed by atoms with Gasteiger partial charge in [0.05, 0.1) is 0 Å². The summed E-state index contributed by atoms with van der Waals surface area (Å²) in [6.45, 7) is 18.1. The molecule has 406 valence electrons. The van der Waals surface area contributed by atoms with Crippen molar-refractivity contribution in [3.63, 3.8) is 0 Å². The molecule has 0 saturated carbocycles. The molecule has 2 aliphatic rings. The summed E-state index contributed by atoms with van der Waals surface area (Å²) in [5, 5.41) is 0. The number of rotatable bonds is 11. The van der Waals surface area contributed by atoms with Crippen LogP contribution in [-0.2, 0) is 10.8 Å². The summed E-state index contributed by atoms with van der Waals surface area (Å²) in [5.74, 6) is 0. The molecule has 12 aromatic carbocycles. The van der Waals surface area contributed by atoms with Crippen molar-refractivity contribution in [3.8, 4) is 77.9 Å². The van der Waals surface area contributed by atoms with Crippen LogP contribution in [0.5, 0.6) is 0 Å². The molecule has 14 rings (SSSR count). The summed E-state index contributed by atoms with van der Waals surface area (Å²) in [6.07, 6.45) is 0. The van der Waals surface area contributed by atoms with E-state index in [1.54, 1.807) is 0 Å². The summed E-state index contributed by atoms with van der Waals surface area (Å²) in [7, 11) is 0. The van der Waals surface area contributed by atoms with Crippen LogP contribution in [0.1, 0.15) is 72.2 Å². The number of hydrogen-bond acceptors (Lipinski definition) is 2. The molecule has 0 saturated heterocycles. The highest BCUT2D eigenvalue weighted by Crippen LogP contribution is 2.53. The Morgan fingerprint density at radius 3 is 0.548 bits per heavy atom. The monoisotopic (exact) mass is 1080 g/mol. The van der Waals surface area contributed by atoms with Gasteiger partial charge in [-0.2, -0.15) is 0 Å². The first-order chi connectivity index (χ1) is 40.7. The second-order valence-electron chi connectivity index (χ2n) is 24.6. The summed E-state index contributed by atoms with van der Waals surface area (Å²) in [6, 6.07) is 99.8. The van der Waals surface area contributed by atoms with Crippen molar-refractivity contribution in [2.24, 2.45) is 0 Å². The Hall–Kier alpha value is -9.76. The van der Waals surface area contributed by atoms with Gasteiger partial charge in [0.15, 0.2) is 0 Å².